The zero-order valence-electron chi connectivity index (χ0n) is 8.70. The molecule has 0 N–H and O–H groups in total. The molecule has 0 atom stereocenters. The molecule has 1 aliphatic carbocycles. The third kappa shape index (κ3) is 4.23. The van der Waals surface area contributed by atoms with E-state index in [1.54, 1.807) is 5.57 Å². The summed E-state index contributed by atoms with van der Waals surface area (Å²) in [6.45, 7) is 10.9. The summed E-state index contributed by atoms with van der Waals surface area (Å²) in [6, 6.07) is 0. The largest absolute Gasteiger partial charge is 0.0856 e. The Kier molecular flexibility index (Phi) is 4.48. The van der Waals surface area contributed by atoms with E-state index >= 15 is 0 Å². The molecule has 0 heterocycles. The zero-order valence-corrected chi connectivity index (χ0v) is 8.70. The maximum atomic E-state index is 2.37. The van der Waals surface area contributed by atoms with E-state index in [0.29, 0.717) is 5.41 Å². The predicted molar refractivity (Wildman–Crippen MR) is 52.7 cm³/mol. The normalized spacial score (nSPS) is 21.4. The van der Waals surface area contributed by atoms with Gasteiger partial charge >= 0.3 is 0 Å². The number of allylic oxidation sites excluding steroid dienone is 2. The molecule has 0 aromatic heterocycles. The van der Waals surface area contributed by atoms with Crippen molar-refractivity contribution in [2.45, 2.75) is 53.9 Å². The highest BCUT2D eigenvalue weighted by atomic mass is 14.2. The van der Waals surface area contributed by atoms with Crippen LogP contribution in [0.2, 0.25) is 0 Å². The Hall–Kier alpha value is -0.260. The van der Waals surface area contributed by atoms with Crippen molar-refractivity contribution in [3.63, 3.8) is 0 Å². The Balaban J connectivity index is 0.000000461. The van der Waals surface area contributed by atoms with Crippen LogP contribution in [0.3, 0.4) is 0 Å². The third-order valence-corrected chi connectivity index (χ3v) is 2.07. The van der Waals surface area contributed by atoms with Gasteiger partial charge in [-0.15, -0.1) is 0 Å². The van der Waals surface area contributed by atoms with Gasteiger partial charge in [0, 0.05) is 0 Å². The van der Waals surface area contributed by atoms with Crippen LogP contribution < -0.4 is 0 Å². The summed E-state index contributed by atoms with van der Waals surface area (Å²) in [7, 11) is 0. The van der Waals surface area contributed by atoms with E-state index in [1.165, 1.54) is 19.3 Å². The van der Waals surface area contributed by atoms with Gasteiger partial charge in [-0.2, -0.15) is 0 Å². The van der Waals surface area contributed by atoms with E-state index in [0.717, 1.165) is 0 Å². The van der Waals surface area contributed by atoms with E-state index in [1.807, 2.05) is 13.8 Å². The molecule has 0 aromatic rings. The molecule has 0 bridgehead atoms. The van der Waals surface area contributed by atoms with E-state index in [4.69, 9.17) is 0 Å². The smallest absolute Gasteiger partial charge is 0.0271 e. The van der Waals surface area contributed by atoms with Crippen molar-refractivity contribution in [3.05, 3.63) is 11.6 Å². The van der Waals surface area contributed by atoms with Crippen molar-refractivity contribution in [1.82, 2.24) is 0 Å². The lowest BCUT2D eigenvalue weighted by molar-refractivity contribution is 0.320. The quantitative estimate of drug-likeness (QED) is 0.459. The molecule has 0 spiro atoms. The molecule has 0 heteroatoms. The number of hydrogen-bond acceptors (Lipinski definition) is 0. The van der Waals surface area contributed by atoms with Crippen LogP contribution in [0.5, 0.6) is 0 Å². The first kappa shape index (κ1) is 10.7. The van der Waals surface area contributed by atoms with Gasteiger partial charge < -0.3 is 0 Å². The van der Waals surface area contributed by atoms with Gasteiger partial charge in [-0.1, -0.05) is 39.3 Å². The van der Waals surface area contributed by atoms with E-state index in [2.05, 4.69) is 26.8 Å². The second-order valence-electron chi connectivity index (χ2n) is 3.93. The van der Waals surface area contributed by atoms with Crippen LogP contribution in [0.1, 0.15) is 53.9 Å². The first-order valence-corrected chi connectivity index (χ1v) is 4.76. The summed E-state index contributed by atoms with van der Waals surface area (Å²) in [5.74, 6) is 0. The van der Waals surface area contributed by atoms with Crippen molar-refractivity contribution in [3.8, 4) is 0 Å². The van der Waals surface area contributed by atoms with E-state index < -0.39 is 0 Å². The fraction of sp³-hybridized carbons (Fsp3) is 0.818. The average Bonchev–Trinajstić information content (AvgIpc) is 1.89. The Morgan fingerprint density at radius 1 is 1.27 bits per heavy atom. The first-order chi connectivity index (χ1) is 5.10. The van der Waals surface area contributed by atoms with Gasteiger partial charge in [-0.05, 0) is 31.6 Å². The van der Waals surface area contributed by atoms with E-state index in [-0.39, 0.29) is 0 Å². The molecule has 0 fully saturated rings. The second-order valence-corrected chi connectivity index (χ2v) is 3.93. The summed E-state index contributed by atoms with van der Waals surface area (Å²) in [6.07, 6.45) is 6.32. The van der Waals surface area contributed by atoms with Crippen molar-refractivity contribution >= 4 is 0 Å². The molecule has 0 aliphatic heterocycles. The van der Waals surface area contributed by atoms with E-state index in [9.17, 15) is 0 Å². The average molecular weight is 154 g/mol. The minimum Gasteiger partial charge on any atom is -0.0856 e. The first-order valence-electron chi connectivity index (χ1n) is 4.76. The summed E-state index contributed by atoms with van der Waals surface area (Å²) >= 11 is 0. The molecule has 0 nitrogen and oxygen atoms in total. The fourth-order valence-corrected chi connectivity index (χ4v) is 1.62. The molecule has 0 radical (unpaired) electrons. The SMILES string of the molecule is CC.CC1=CCCC(C)(C)C1. The zero-order chi connectivity index (χ0) is 8.91. The summed E-state index contributed by atoms with van der Waals surface area (Å²) in [4.78, 5) is 0. The summed E-state index contributed by atoms with van der Waals surface area (Å²) in [5, 5.41) is 0. The van der Waals surface area contributed by atoms with Crippen molar-refractivity contribution < 1.29 is 0 Å². The highest BCUT2D eigenvalue weighted by molar-refractivity contribution is 5.05. The monoisotopic (exact) mass is 154 g/mol. The lowest BCUT2D eigenvalue weighted by Gasteiger charge is -2.28. The van der Waals surface area contributed by atoms with Gasteiger partial charge in [-0.25, -0.2) is 0 Å². The molecule has 0 aromatic carbocycles. The van der Waals surface area contributed by atoms with Crippen LogP contribution >= 0.6 is 0 Å². The molecule has 1 rings (SSSR count). The van der Waals surface area contributed by atoms with Gasteiger partial charge in [0.2, 0.25) is 0 Å². The number of hydrogen-bond donors (Lipinski definition) is 0. The topological polar surface area (TPSA) is 0 Å². The summed E-state index contributed by atoms with van der Waals surface area (Å²) < 4.78 is 0. The Labute approximate surface area is 71.7 Å². The molecule has 11 heavy (non-hydrogen) atoms. The number of rotatable bonds is 0. The van der Waals surface area contributed by atoms with Crippen LogP contribution in [0.25, 0.3) is 0 Å². The van der Waals surface area contributed by atoms with Gasteiger partial charge in [0.15, 0.2) is 0 Å². The summed E-state index contributed by atoms with van der Waals surface area (Å²) in [5.41, 5.74) is 2.16. The Morgan fingerprint density at radius 3 is 2.09 bits per heavy atom. The molecule has 0 saturated carbocycles. The maximum Gasteiger partial charge on any atom is -0.0271 e. The molecular weight excluding hydrogens is 132 g/mol. The van der Waals surface area contributed by atoms with Gasteiger partial charge in [0.05, 0.1) is 0 Å². The van der Waals surface area contributed by atoms with Crippen LogP contribution in [0.15, 0.2) is 11.6 Å². The minimum atomic E-state index is 0.582. The van der Waals surface area contributed by atoms with Gasteiger partial charge in [0.1, 0.15) is 0 Å². The fourth-order valence-electron chi connectivity index (χ4n) is 1.62. The van der Waals surface area contributed by atoms with Crippen LogP contribution in [-0.2, 0) is 0 Å². The molecule has 0 unspecified atom stereocenters. The lowest BCUT2D eigenvalue weighted by Crippen LogP contribution is -2.14. The van der Waals surface area contributed by atoms with Crippen molar-refractivity contribution in [2.75, 3.05) is 0 Å². The van der Waals surface area contributed by atoms with Crippen LogP contribution in [0, 0.1) is 5.41 Å². The molecule has 0 amide bonds. The molecular formula is C11H22. The van der Waals surface area contributed by atoms with Crippen molar-refractivity contribution in [1.29, 1.82) is 0 Å². The maximum absolute atomic E-state index is 2.37. The predicted octanol–water partition coefficient (Wildman–Crippen LogP) is 4.17. The Bertz CT molecular complexity index is 129. The lowest BCUT2D eigenvalue weighted by atomic mass is 9.78. The van der Waals surface area contributed by atoms with Gasteiger partial charge in [0.25, 0.3) is 0 Å². The van der Waals surface area contributed by atoms with Crippen LogP contribution in [-0.4, -0.2) is 0 Å². The van der Waals surface area contributed by atoms with Crippen molar-refractivity contribution in [2.24, 2.45) is 5.41 Å². The molecule has 1 aliphatic rings. The highest BCUT2D eigenvalue weighted by Crippen LogP contribution is 2.34. The van der Waals surface area contributed by atoms with Gasteiger partial charge in [-0.3, -0.25) is 0 Å². The second kappa shape index (κ2) is 4.58. The standard InChI is InChI=1S/C9H16.C2H6/c1-8-5-4-6-9(2,3)7-8;1-2/h5H,4,6-7H2,1-3H3;1-2H3. The molecule has 0 saturated heterocycles. The highest BCUT2D eigenvalue weighted by Gasteiger charge is 2.20. The van der Waals surface area contributed by atoms with Crippen LogP contribution in [0.4, 0.5) is 0 Å². The Morgan fingerprint density at radius 2 is 1.82 bits per heavy atom. The third-order valence-electron chi connectivity index (χ3n) is 2.07. The molecule has 66 valence electrons. The minimum absolute atomic E-state index is 0.582.